The summed E-state index contributed by atoms with van der Waals surface area (Å²) in [6, 6.07) is 26.8. The van der Waals surface area contributed by atoms with Gasteiger partial charge in [0.25, 0.3) is 0 Å². The van der Waals surface area contributed by atoms with Crippen molar-refractivity contribution in [1.29, 1.82) is 0 Å². The molecule has 6 rings (SSSR count). The maximum atomic E-state index is 13.3. The van der Waals surface area contributed by atoms with Crippen molar-refractivity contribution in [3.8, 4) is 5.69 Å². The minimum Gasteiger partial charge on any atom is -0.312 e. The van der Waals surface area contributed by atoms with Crippen LogP contribution in [-0.2, 0) is 6.42 Å². The molecule has 2 aliphatic rings. The summed E-state index contributed by atoms with van der Waals surface area (Å²) in [6.07, 6.45) is 16.9. The van der Waals surface area contributed by atoms with E-state index in [0.29, 0.717) is 6.42 Å². The molecule has 1 aromatic heterocycles. The van der Waals surface area contributed by atoms with Gasteiger partial charge in [0, 0.05) is 51.9 Å². The fraction of sp³-hybridized carbons (Fsp3) is 0.118. The lowest BCUT2D eigenvalue weighted by atomic mass is 10.0. The fourth-order valence-electron chi connectivity index (χ4n) is 5.25. The Hall–Kier alpha value is -4.70. The number of amidine groups is 1. The molecule has 1 aliphatic heterocycles. The first-order valence-corrected chi connectivity index (χ1v) is 13.1. The van der Waals surface area contributed by atoms with Gasteiger partial charge < -0.3 is 4.57 Å². The molecular weight excluding hydrogens is 466 g/mol. The third-order valence-electron chi connectivity index (χ3n) is 7.07. The summed E-state index contributed by atoms with van der Waals surface area (Å²) in [4.78, 5) is 20.5. The molecule has 38 heavy (non-hydrogen) atoms. The summed E-state index contributed by atoms with van der Waals surface area (Å²) in [7, 11) is 0. The molecule has 4 aromatic rings. The Morgan fingerprint density at radius 1 is 0.789 bits per heavy atom. The summed E-state index contributed by atoms with van der Waals surface area (Å²) < 4.78 is 2.22. The van der Waals surface area contributed by atoms with Crippen LogP contribution in [0.3, 0.4) is 0 Å². The summed E-state index contributed by atoms with van der Waals surface area (Å²) in [5.41, 5.74) is 7.01. The Balaban J connectivity index is 1.51. The summed E-state index contributed by atoms with van der Waals surface area (Å²) >= 11 is 0. The van der Waals surface area contributed by atoms with Crippen molar-refractivity contribution >= 4 is 28.5 Å². The van der Waals surface area contributed by atoms with Gasteiger partial charge in [-0.2, -0.15) is 0 Å². The number of allylic oxidation sites excluding steroid dienone is 6. The highest BCUT2D eigenvalue weighted by atomic mass is 16.1. The van der Waals surface area contributed by atoms with E-state index in [0.717, 1.165) is 63.5 Å². The number of aromatic nitrogens is 1. The molecule has 2 heterocycles. The van der Waals surface area contributed by atoms with Crippen LogP contribution in [-0.4, -0.2) is 10.4 Å². The average molecular weight is 496 g/mol. The predicted molar refractivity (Wildman–Crippen MR) is 159 cm³/mol. The minimum atomic E-state index is 0.0796. The predicted octanol–water partition coefficient (Wildman–Crippen LogP) is 7.58. The second kappa shape index (κ2) is 10.3. The van der Waals surface area contributed by atoms with E-state index < -0.39 is 0 Å². The van der Waals surface area contributed by atoms with Crippen LogP contribution in [0.2, 0.25) is 0 Å². The van der Waals surface area contributed by atoms with E-state index in [2.05, 4.69) is 83.1 Å². The molecule has 0 radical (unpaired) electrons. The highest BCUT2D eigenvalue weighted by molar-refractivity contribution is 6.12. The SMILES string of the molecule is C/C1=C\CC/C=C/N=C(c2ccc(-n3c4c(c(=O)c5ccccc53)C=CC=CC4)cc2)N1c1ccccc1. The number of hydrogen-bond acceptors (Lipinski definition) is 3. The van der Waals surface area contributed by atoms with E-state index in [4.69, 9.17) is 4.99 Å². The van der Waals surface area contributed by atoms with Gasteiger partial charge in [0.15, 0.2) is 5.43 Å². The third kappa shape index (κ3) is 4.35. The van der Waals surface area contributed by atoms with Crippen LogP contribution >= 0.6 is 0 Å². The first-order valence-electron chi connectivity index (χ1n) is 13.1. The molecular formula is C34H29N3O. The summed E-state index contributed by atoms with van der Waals surface area (Å²) in [6.45, 7) is 2.14. The van der Waals surface area contributed by atoms with Crippen LogP contribution in [0.1, 0.15) is 36.6 Å². The van der Waals surface area contributed by atoms with Gasteiger partial charge in [-0.05, 0) is 74.4 Å². The zero-order valence-corrected chi connectivity index (χ0v) is 21.4. The number of rotatable bonds is 3. The standard InChI is InChI=1S/C34H29N3O/c1-25-13-5-4-12-24-35-34(36(25)27-14-6-2-7-15-27)26-20-22-28(23-21-26)37-31-18-9-3-8-16-29(31)33(38)30-17-10-11-19-32(30)37/h2-3,6-17,19-24H,4-5,18H2,1H3/b24-12+,25-13+,35-34?. The van der Waals surface area contributed by atoms with Gasteiger partial charge in [-0.1, -0.05) is 60.7 Å². The lowest BCUT2D eigenvalue weighted by Crippen LogP contribution is -2.30. The van der Waals surface area contributed by atoms with Crippen LogP contribution in [0.4, 0.5) is 5.69 Å². The molecule has 0 saturated heterocycles. The fourth-order valence-corrected chi connectivity index (χ4v) is 5.25. The maximum Gasteiger partial charge on any atom is 0.196 e. The topological polar surface area (TPSA) is 37.6 Å². The number of nitrogens with zero attached hydrogens (tertiary/aromatic N) is 3. The Labute approximate surface area is 222 Å². The van der Waals surface area contributed by atoms with Crippen molar-refractivity contribution in [3.63, 3.8) is 0 Å². The van der Waals surface area contributed by atoms with E-state index in [1.807, 2.05) is 54.8 Å². The quantitative estimate of drug-likeness (QED) is 0.294. The number of fused-ring (bicyclic) bond motifs is 2. The van der Waals surface area contributed by atoms with Crippen molar-refractivity contribution in [1.82, 2.24) is 4.57 Å². The van der Waals surface area contributed by atoms with Crippen molar-refractivity contribution in [2.24, 2.45) is 4.99 Å². The van der Waals surface area contributed by atoms with Crippen LogP contribution < -0.4 is 10.3 Å². The molecule has 4 nitrogen and oxygen atoms in total. The van der Waals surface area contributed by atoms with E-state index >= 15 is 0 Å². The smallest absolute Gasteiger partial charge is 0.196 e. The van der Waals surface area contributed by atoms with Crippen molar-refractivity contribution in [3.05, 3.63) is 148 Å². The third-order valence-corrected chi connectivity index (χ3v) is 7.07. The highest BCUT2D eigenvalue weighted by Gasteiger charge is 2.20. The molecule has 0 bridgehead atoms. The van der Waals surface area contributed by atoms with Gasteiger partial charge in [0.1, 0.15) is 5.84 Å². The highest BCUT2D eigenvalue weighted by Crippen LogP contribution is 2.27. The van der Waals surface area contributed by atoms with Gasteiger partial charge in [0.2, 0.25) is 0 Å². The molecule has 1 aliphatic carbocycles. The molecule has 186 valence electrons. The number of benzene rings is 3. The number of aliphatic imine (C=N–C) groups is 1. The number of anilines is 1. The van der Waals surface area contributed by atoms with Gasteiger partial charge in [-0.3, -0.25) is 9.69 Å². The first kappa shape index (κ1) is 23.7. The number of hydrogen-bond donors (Lipinski definition) is 0. The average Bonchev–Trinajstić information content (AvgIpc) is 3.16. The molecule has 3 aromatic carbocycles. The van der Waals surface area contributed by atoms with Gasteiger partial charge >= 0.3 is 0 Å². The van der Waals surface area contributed by atoms with E-state index in [-0.39, 0.29) is 5.43 Å². The number of pyridine rings is 1. The molecule has 4 heteroatoms. The lowest BCUT2D eigenvalue weighted by molar-refractivity contribution is 0.974. The molecule has 0 spiro atoms. The van der Waals surface area contributed by atoms with E-state index in [9.17, 15) is 4.79 Å². The van der Waals surface area contributed by atoms with Gasteiger partial charge in [0.05, 0.1) is 5.52 Å². The van der Waals surface area contributed by atoms with E-state index in [1.54, 1.807) is 0 Å². The first-order chi connectivity index (χ1) is 18.7. The Bertz CT molecular complexity index is 1700. The van der Waals surface area contributed by atoms with Crippen molar-refractivity contribution < 1.29 is 0 Å². The molecule has 0 atom stereocenters. The lowest BCUT2D eigenvalue weighted by Gasteiger charge is -2.27. The van der Waals surface area contributed by atoms with Crippen LogP contribution in [0.25, 0.3) is 22.7 Å². The number of para-hydroxylation sites is 2. The largest absolute Gasteiger partial charge is 0.312 e. The van der Waals surface area contributed by atoms with E-state index in [1.165, 1.54) is 0 Å². The van der Waals surface area contributed by atoms with Gasteiger partial charge in [-0.25, -0.2) is 4.99 Å². The van der Waals surface area contributed by atoms with Crippen LogP contribution in [0, 0.1) is 0 Å². The van der Waals surface area contributed by atoms with Crippen LogP contribution in [0.15, 0.2) is 131 Å². The molecule has 0 unspecified atom stereocenters. The Kier molecular flexibility index (Phi) is 6.45. The Morgan fingerprint density at radius 3 is 2.42 bits per heavy atom. The zero-order chi connectivity index (χ0) is 25.9. The van der Waals surface area contributed by atoms with Crippen molar-refractivity contribution in [2.45, 2.75) is 26.2 Å². The maximum absolute atomic E-state index is 13.3. The second-order valence-electron chi connectivity index (χ2n) is 9.51. The normalized spacial score (nSPS) is 17.4. The molecule has 0 amide bonds. The zero-order valence-electron chi connectivity index (χ0n) is 21.4. The molecule has 0 N–H and O–H groups in total. The van der Waals surface area contributed by atoms with Gasteiger partial charge in [-0.15, -0.1) is 0 Å². The Morgan fingerprint density at radius 2 is 1.58 bits per heavy atom. The van der Waals surface area contributed by atoms with Crippen LogP contribution in [0.5, 0.6) is 0 Å². The monoisotopic (exact) mass is 495 g/mol. The minimum absolute atomic E-state index is 0.0796. The molecule has 0 fully saturated rings. The van der Waals surface area contributed by atoms with Crippen molar-refractivity contribution in [2.75, 3.05) is 4.90 Å². The summed E-state index contributed by atoms with van der Waals surface area (Å²) in [5, 5.41) is 0.726. The molecule has 0 saturated carbocycles. The second-order valence-corrected chi connectivity index (χ2v) is 9.51. The summed E-state index contributed by atoms with van der Waals surface area (Å²) in [5.74, 6) is 0.879.